The number of aromatic nitrogens is 8. The molecule has 14 aromatic rings. The van der Waals surface area contributed by atoms with Gasteiger partial charge in [-0.1, -0.05) is 149 Å². The van der Waals surface area contributed by atoms with E-state index in [0.717, 1.165) is 121 Å². The molecule has 0 fully saturated rings. The van der Waals surface area contributed by atoms with Crippen LogP contribution in [0.3, 0.4) is 0 Å². The maximum atomic E-state index is 6.77. The monoisotopic (exact) mass is 1230 g/mol. The van der Waals surface area contributed by atoms with Gasteiger partial charge in [-0.15, -0.1) is 20.0 Å². The Kier molecular flexibility index (Phi) is 16.9. The lowest BCUT2D eigenvalue weighted by atomic mass is 10.1. The van der Waals surface area contributed by atoms with Crippen LogP contribution in [-0.4, -0.2) is 33.1 Å². The molecule has 8 aromatic heterocycles. The van der Waals surface area contributed by atoms with E-state index in [-0.39, 0.29) is 0 Å². The third-order valence-corrected chi connectivity index (χ3v) is 19.1. The van der Waals surface area contributed by atoms with Crippen LogP contribution in [0, 0.1) is 0 Å². The number of unbranched alkanes of at least 4 members (excludes halogenated alkanes) is 3. The molecule has 0 aliphatic carbocycles. The van der Waals surface area contributed by atoms with Crippen molar-refractivity contribution in [1.29, 1.82) is 0 Å². The van der Waals surface area contributed by atoms with Crippen LogP contribution < -0.4 is 48.2 Å². The smallest absolute Gasteiger partial charge is 0.245 e. The summed E-state index contributed by atoms with van der Waals surface area (Å²) in [5.41, 5.74) is 8.31. The SMILES string of the molecule is c1cc[n+](N(Cc2cc(CN(c3nc4ccccc4s3)[n+]3ccccc3)cc(OCCCCCCOc3cc(CN(c4nc5ccccc5s4)[n+]4ccccc4)cc(CN(c4nc5ccccc5s4)[n+]4ccccc4)c3)c2)c2nc3ccccc3s2)cc1. The molecular formula is C70H62N12O2S4+4. The third-order valence-electron chi connectivity index (χ3n) is 14.9. The molecule has 0 saturated carbocycles. The van der Waals surface area contributed by atoms with Crippen molar-refractivity contribution in [3.63, 3.8) is 0 Å². The van der Waals surface area contributed by atoms with E-state index in [2.05, 4.69) is 246 Å². The highest BCUT2D eigenvalue weighted by atomic mass is 32.1. The van der Waals surface area contributed by atoms with Gasteiger partial charge in [-0.2, -0.15) is 0 Å². The summed E-state index contributed by atoms with van der Waals surface area (Å²) < 4.78 is 26.6. The van der Waals surface area contributed by atoms with Crippen LogP contribution in [0.2, 0.25) is 0 Å². The topological polar surface area (TPSA) is 98.5 Å². The van der Waals surface area contributed by atoms with Crippen LogP contribution in [0.5, 0.6) is 11.5 Å². The lowest BCUT2D eigenvalue weighted by Crippen LogP contribution is -2.53. The predicted molar refractivity (Wildman–Crippen MR) is 354 cm³/mol. The summed E-state index contributed by atoms with van der Waals surface area (Å²) in [5, 5.41) is 12.5. The Bertz CT molecular complexity index is 3910. The van der Waals surface area contributed by atoms with E-state index in [0.29, 0.717) is 39.4 Å². The molecule has 434 valence electrons. The first-order valence-corrected chi connectivity index (χ1v) is 32.7. The summed E-state index contributed by atoms with van der Waals surface area (Å²) in [7, 11) is 0. The molecule has 0 unspecified atom stereocenters. The summed E-state index contributed by atoms with van der Waals surface area (Å²) in [6.45, 7) is 3.39. The molecule has 6 aromatic carbocycles. The average Bonchev–Trinajstić information content (AvgIpc) is 3.42. The number of nitrogens with zero attached hydrogens (tertiary/aromatic N) is 12. The minimum absolute atomic E-state index is 0.559. The minimum Gasteiger partial charge on any atom is -0.494 e. The third kappa shape index (κ3) is 13.2. The van der Waals surface area contributed by atoms with Crippen molar-refractivity contribution < 1.29 is 28.2 Å². The van der Waals surface area contributed by atoms with Crippen molar-refractivity contribution in [1.82, 2.24) is 19.9 Å². The van der Waals surface area contributed by atoms with E-state index in [1.54, 1.807) is 45.3 Å². The molecule has 0 N–H and O–H groups in total. The first-order valence-electron chi connectivity index (χ1n) is 29.5. The zero-order valence-electron chi connectivity index (χ0n) is 48.1. The van der Waals surface area contributed by atoms with Crippen molar-refractivity contribution in [3.8, 4) is 11.5 Å². The van der Waals surface area contributed by atoms with Crippen molar-refractivity contribution >= 4 is 107 Å². The Morgan fingerprint density at radius 3 is 0.784 bits per heavy atom. The van der Waals surface area contributed by atoms with Gasteiger partial charge >= 0.3 is 0 Å². The van der Waals surface area contributed by atoms with E-state index in [1.165, 1.54) is 0 Å². The van der Waals surface area contributed by atoms with Crippen molar-refractivity contribution in [2.24, 2.45) is 0 Å². The fourth-order valence-electron chi connectivity index (χ4n) is 10.7. The Hall–Kier alpha value is -9.72. The molecule has 0 bridgehead atoms. The van der Waals surface area contributed by atoms with E-state index in [4.69, 9.17) is 29.4 Å². The summed E-state index contributed by atoms with van der Waals surface area (Å²) in [4.78, 5) is 20.5. The van der Waals surface area contributed by atoms with Crippen LogP contribution in [0.1, 0.15) is 47.9 Å². The van der Waals surface area contributed by atoms with Crippen LogP contribution in [0.25, 0.3) is 40.9 Å². The summed E-state index contributed by atoms with van der Waals surface area (Å²) in [6.07, 6.45) is 20.4. The van der Waals surface area contributed by atoms with E-state index in [1.807, 2.05) is 48.5 Å². The van der Waals surface area contributed by atoms with Crippen molar-refractivity contribution in [2.45, 2.75) is 51.9 Å². The molecule has 0 aliphatic heterocycles. The highest BCUT2D eigenvalue weighted by Crippen LogP contribution is 2.34. The maximum Gasteiger partial charge on any atom is 0.245 e. The number of para-hydroxylation sites is 4. The van der Waals surface area contributed by atoms with Crippen LogP contribution in [0.15, 0.2) is 256 Å². The summed E-state index contributed by atoms with van der Waals surface area (Å²) in [5.74, 6) is 1.66. The van der Waals surface area contributed by atoms with Gasteiger partial charge in [-0.3, -0.25) is 0 Å². The molecule has 88 heavy (non-hydrogen) atoms. The Balaban J connectivity index is 0.695. The number of thiazole rings is 4. The van der Waals surface area contributed by atoms with Gasteiger partial charge in [0.25, 0.3) is 0 Å². The molecule has 14 nitrogen and oxygen atoms in total. The van der Waals surface area contributed by atoms with Crippen LogP contribution >= 0.6 is 45.3 Å². The van der Waals surface area contributed by atoms with Gasteiger partial charge in [0.15, 0.2) is 49.6 Å². The quantitative estimate of drug-likeness (QED) is 0.0406. The normalized spacial score (nSPS) is 11.4. The number of fused-ring (bicyclic) bond motifs is 4. The molecule has 14 rings (SSSR count). The van der Waals surface area contributed by atoms with E-state index in [9.17, 15) is 0 Å². The highest BCUT2D eigenvalue weighted by Gasteiger charge is 2.27. The zero-order chi connectivity index (χ0) is 58.9. The molecule has 0 radical (unpaired) electrons. The number of hydrogen-bond donors (Lipinski definition) is 0. The van der Waals surface area contributed by atoms with Crippen molar-refractivity contribution in [2.75, 3.05) is 33.2 Å². The number of benzene rings is 6. The first-order chi connectivity index (χ1) is 43.5. The van der Waals surface area contributed by atoms with Crippen molar-refractivity contribution in [3.05, 3.63) is 278 Å². The first kappa shape index (κ1) is 56.1. The Morgan fingerprint density at radius 1 is 0.284 bits per heavy atom. The predicted octanol–water partition coefficient (Wildman–Crippen LogP) is 14.2. The lowest BCUT2D eigenvalue weighted by Gasteiger charge is -2.19. The Labute approximate surface area is 526 Å². The second kappa shape index (κ2) is 26.5. The molecule has 0 saturated heterocycles. The van der Waals surface area contributed by atoms with Crippen LogP contribution in [0.4, 0.5) is 20.5 Å². The molecule has 18 heteroatoms. The molecule has 0 atom stereocenters. The van der Waals surface area contributed by atoms with Gasteiger partial charge in [0.1, 0.15) is 37.7 Å². The van der Waals surface area contributed by atoms with Gasteiger partial charge in [0.2, 0.25) is 20.5 Å². The standard InChI is InChI=1S/C70H62N12O2S4/c1(23-41-83-57-45-53(49-79(75-33-15-3-16-34-75)67-71-59-25-7-11-29-63(59)85-67)43-54(46-57)50-80(76-35-17-4-18-36-76)68-72-60-26-8-12-30-64(60)86-68)2-24-42-84-58-47-55(51-81(77-37-19-5-20-38-77)69-73-61-27-9-13-31-65(61)87-69)44-56(48-58)52-82(78-39-21-6-22-40-78)70-74-62-28-10-14-32-66(62)88-70/h3-22,25-40,43-48H,1-2,23-24,41-42,49-52H2/q+4. The molecule has 8 heterocycles. The zero-order valence-corrected chi connectivity index (χ0v) is 51.4. The van der Waals surface area contributed by atoms with Gasteiger partial charge in [-0.05, 0) is 121 Å². The molecular weight excluding hydrogens is 1170 g/mol. The number of pyridine rings is 4. The second-order valence-electron chi connectivity index (χ2n) is 21.2. The Morgan fingerprint density at radius 2 is 0.534 bits per heavy atom. The molecule has 0 amide bonds. The second-order valence-corrected chi connectivity index (χ2v) is 25.2. The number of rotatable bonds is 25. The van der Waals surface area contributed by atoms with Gasteiger partial charge in [0, 0.05) is 48.5 Å². The van der Waals surface area contributed by atoms with Crippen LogP contribution in [-0.2, 0) is 26.2 Å². The fraction of sp³-hybridized carbons (Fsp3) is 0.143. The summed E-state index contributed by atoms with van der Waals surface area (Å²) >= 11 is 6.75. The van der Waals surface area contributed by atoms with E-state index < -0.39 is 0 Å². The minimum atomic E-state index is 0.559. The van der Waals surface area contributed by atoms with E-state index >= 15 is 0 Å². The summed E-state index contributed by atoms with van der Waals surface area (Å²) in [6, 6.07) is 71.2. The highest BCUT2D eigenvalue weighted by molar-refractivity contribution is 7.23. The maximum absolute atomic E-state index is 6.77. The number of anilines is 4. The van der Waals surface area contributed by atoms with Gasteiger partial charge in [0.05, 0.1) is 54.1 Å². The number of hydrogen-bond acceptors (Lipinski definition) is 14. The largest absolute Gasteiger partial charge is 0.494 e. The van der Waals surface area contributed by atoms with Gasteiger partial charge < -0.3 is 9.47 Å². The lowest BCUT2D eigenvalue weighted by molar-refractivity contribution is -0.686. The molecule has 0 aliphatic rings. The fourth-order valence-corrected chi connectivity index (χ4v) is 14.6. The number of ether oxygens (including phenoxy) is 2. The molecule has 0 spiro atoms. The van der Waals surface area contributed by atoms with Gasteiger partial charge in [-0.25, -0.2) is 19.9 Å². The average molecular weight is 1230 g/mol.